The van der Waals surface area contributed by atoms with Crippen molar-refractivity contribution in [2.45, 2.75) is 25.8 Å². The molecule has 0 aromatic heterocycles. The van der Waals surface area contributed by atoms with Gasteiger partial charge in [-0.3, -0.25) is 4.79 Å². The summed E-state index contributed by atoms with van der Waals surface area (Å²) < 4.78 is 5.01. The van der Waals surface area contributed by atoms with Crippen molar-refractivity contribution in [3.8, 4) is 0 Å². The molecule has 2 aliphatic rings. The fourth-order valence-electron chi connectivity index (χ4n) is 2.07. The van der Waals surface area contributed by atoms with Crippen molar-refractivity contribution in [3.63, 3.8) is 0 Å². The van der Waals surface area contributed by atoms with Crippen LogP contribution in [0, 0.1) is 11.8 Å². The van der Waals surface area contributed by atoms with Crippen LogP contribution in [0.2, 0.25) is 0 Å². The molecule has 2 fully saturated rings. The molecule has 0 bridgehead atoms. The number of rotatable bonds is 2. The highest BCUT2D eigenvalue weighted by Gasteiger charge is 2.48. The van der Waals surface area contributed by atoms with Gasteiger partial charge in [-0.2, -0.15) is 0 Å². The molecule has 0 spiro atoms. The number of fused-ring (bicyclic) bond motifs is 1. The number of hydrogen-bond acceptors (Lipinski definition) is 3. The Morgan fingerprint density at radius 2 is 2.50 bits per heavy atom. The van der Waals surface area contributed by atoms with E-state index in [-0.39, 0.29) is 11.9 Å². The average molecular weight is 169 g/mol. The van der Waals surface area contributed by atoms with E-state index in [0.29, 0.717) is 18.6 Å². The van der Waals surface area contributed by atoms with E-state index in [4.69, 9.17) is 4.74 Å². The summed E-state index contributed by atoms with van der Waals surface area (Å²) in [6.45, 7) is 3.36. The van der Waals surface area contributed by atoms with Gasteiger partial charge in [-0.25, -0.2) is 0 Å². The van der Waals surface area contributed by atoms with Gasteiger partial charge in [-0.05, 0) is 32.2 Å². The lowest BCUT2D eigenvalue weighted by Gasteiger charge is -2.20. The van der Waals surface area contributed by atoms with Gasteiger partial charge in [0.05, 0.1) is 12.5 Å². The second-order valence-corrected chi connectivity index (χ2v) is 3.61. The third-order valence-corrected chi connectivity index (χ3v) is 2.81. The molecule has 1 heterocycles. The van der Waals surface area contributed by atoms with Crippen LogP contribution in [-0.4, -0.2) is 25.2 Å². The molecule has 3 nitrogen and oxygen atoms in total. The summed E-state index contributed by atoms with van der Waals surface area (Å²) >= 11 is 0. The van der Waals surface area contributed by atoms with Crippen LogP contribution in [0.4, 0.5) is 0 Å². The molecule has 0 aromatic rings. The first-order valence-electron chi connectivity index (χ1n) is 4.73. The van der Waals surface area contributed by atoms with Gasteiger partial charge in [0.15, 0.2) is 0 Å². The lowest BCUT2D eigenvalue weighted by atomic mass is 9.97. The molecule has 1 saturated heterocycles. The van der Waals surface area contributed by atoms with Gasteiger partial charge < -0.3 is 10.1 Å². The fraction of sp³-hybridized carbons (Fsp3) is 0.889. The normalized spacial score (nSPS) is 38.6. The predicted octanol–water partition coefficient (Wildman–Crippen LogP) is 0.547. The highest BCUT2D eigenvalue weighted by atomic mass is 16.5. The number of esters is 1. The number of ether oxygens (including phenoxy) is 1. The molecule has 0 radical (unpaired) electrons. The molecule has 3 heteroatoms. The van der Waals surface area contributed by atoms with Gasteiger partial charge in [0.1, 0.15) is 0 Å². The van der Waals surface area contributed by atoms with Crippen LogP contribution in [0.1, 0.15) is 19.8 Å². The SMILES string of the molecule is CCOC(=O)C1CCNC2CC21. The van der Waals surface area contributed by atoms with E-state index in [9.17, 15) is 4.79 Å². The van der Waals surface area contributed by atoms with Crippen LogP contribution in [0.25, 0.3) is 0 Å². The van der Waals surface area contributed by atoms with Gasteiger partial charge in [-0.15, -0.1) is 0 Å². The zero-order valence-electron chi connectivity index (χ0n) is 7.38. The number of hydrogen-bond donors (Lipinski definition) is 1. The Hall–Kier alpha value is -0.570. The highest BCUT2D eigenvalue weighted by Crippen LogP contribution is 2.42. The Balaban J connectivity index is 1.90. The monoisotopic (exact) mass is 169 g/mol. The van der Waals surface area contributed by atoms with Crippen molar-refractivity contribution in [1.82, 2.24) is 5.32 Å². The minimum absolute atomic E-state index is 0.0199. The van der Waals surface area contributed by atoms with E-state index in [0.717, 1.165) is 13.0 Å². The third kappa shape index (κ3) is 1.33. The smallest absolute Gasteiger partial charge is 0.309 e. The van der Waals surface area contributed by atoms with Crippen LogP contribution < -0.4 is 5.32 Å². The molecule has 12 heavy (non-hydrogen) atoms. The Kier molecular flexibility index (Phi) is 2.05. The van der Waals surface area contributed by atoms with Crippen LogP contribution >= 0.6 is 0 Å². The van der Waals surface area contributed by atoms with E-state index in [1.807, 2.05) is 6.92 Å². The quantitative estimate of drug-likeness (QED) is 0.613. The molecular weight excluding hydrogens is 154 g/mol. The fourth-order valence-corrected chi connectivity index (χ4v) is 2.07. The van der Waals surface area contributed by atoms with E-state index in [2.05, 4.69) is 5.32 Å². The lowest BCUT2D eigenvalue weighted by molar-refractivity contribution is -0.149. The second-order valence-electron chi connectivity index (χ2n) is 3.61. The van der Waals surface area contributed by atoms with Gasteiger partial charge in [0, 0.05) is 6.04 Å². The van der Waals surface area contributed by atoms with Crippen molar-refractivity contribution >= 4 is 5.97 Å². The number of carbonyl (C=O) groups excluding carboxylic acids is 1. The maximum Gasteiger partial charge on any atom is 0.309 e. The third-order valence-electron chi connectivity index (χ3n) is 2.81. The topological polar surface area (TPSA) is 38.3 Å². The molecule has 3 atom stereocenters. The van der Waals surface area contributed by atoms with Crippen molar-refractivity contribution in [2.75, 3.05) is 13.2 Å². The first-order valence-corrected chi connectivity index (χ1v) is 4.73. The number of piperidine rings is 1. The van der Waals surface area contributed by atoms with Gasteiger partial charge in [0.2, 0.25) is 0 Å². The van der Waals surface area contributed by atoms with Gasteiger partial charge in [-0.1, -0.05) is 0 Å². The molecule has 1 aliphatic heterocycles. The molecule has 1 N–H and O–H groups in total. The zero-order valence-corrected chi connectivity index (χ0v) is 7.38. The minimum atomic E-state index is 0.0199. The number of carbonyl (C=O) groups is 1. The van der Waals surface area contributed by atoms with E-state index >= 15 is 0 Å². The van der Waals surface area contributed by atoms with Crippen molar-refractivity contribution in [3.05, 3.63) is 0 Å². The summed E-state index contributed by atoms with van der Waals surface area (Å²) in [5.41, 5.74) is 0. The molecule has 2 rings (SSSR count). The largest absolute Gasteiger partial charge is 0.466 e. The van der Waals surface area contributed by atoms with Crippen LogP contribution in [0.5, 0.6) is 0 Å². The van der Waals surface area contributed by atoms with Crippen LogP contribution in [0.15, 0.2) is 0 Å². The lowest BCUT2D eigenvalue weighted by Crippen LogP contribution is -2.34. The first kappa shape index (κ1) is 8.05. The highest BCUT2D eigenvalue weighted by molar-refractivity contribution is 5.73. The summed E-state index contributed by atoms with van der Waals surface area (Å²) in [4.78, 5) is 11.4. The molecule has 68 valence electrons. The van der Waals surface area contributed by atoms with Crippen LogP contribution in [0.3, 0.4) is 0 Å². The zero-order chi connectivity index (χ0) is 8.55. The van der Waals surface area contributed by atoms with Crippen molar-refractivity contribution in [2.24, 2.45) is 11.8 Å². The first-order chi connectivity index (χ1) is 5.83. The van der Waals surface area contributed by atoms with Gasteiger partial charge >= 0.3 is 5.97 Å². The maximum absolute atomic E-state index is 11.4. The standard InChI is InChI=1S/C9H15NO2/c1-2-12-9(11)6-3-4-10-8-5-7(6)8/h6-8,10H,2-5H2,1H3. The Labute approximate surface area is 72.5 Å². The van der Waals surface area contributed by atoms with Gasteiger partial charge in [0.25, 0.3) is 0 Å². The summed E-state index contributed by atoms with van der Waals surface area (Å²) in [5, 5.41) is 3.38. The Bertz CT molecular complexity index is 193. The second kappa shape index (κ2) is 3.05. The Morgan fingerprint density at radius 1 is 1.67 bits per heavy atom. The summed E-state index contributed by atoms with van der Waals surface area (Å²) in [6, 6.07) is 0.619. The van der Waals surface area contributed by atoms with Crippen molar-refractivity contribution < 1.29 is 9.53 Å². The van der Waals surface area contributed by atoms with Crippen LogP contribution in [-0.2, 0) is 9.53 Å². The van der Waals surface area contributed by atoms with E-state index < -0.39 is 0 Å². The molecular formula is C9H15NO2. The molecule has 0 aromatic carbocycles. The predicted molar refractivity (Wildman–Crippen MR) is 44.6 cm³/mol. The molecule has 1 aliphatic carbocycles. The Morgan fingerprint density at radius 3 is 3.25 bits per heavy atom. The molecule has 0 amide bonds. The maximum atomic E-state index is 11.4. The van der Waals surface area contributed by atoms with E-state index in [1.54, 1.807) is 0 Å². The van der Waals surface area contributed by atoms with Crippen molar-refractivity contribution in [1.29, 1.82) is 0 Å². The minimum Gasteiger partial charge on any atom is -0.466 e. The molecule has 3 unspecified atom stereocenters. The average Bonchev–Trinajstić information content (AvgIpc) is 2.81. The van der Waals surface area contributed by atoms with E-state index in [1.165, 1.54) is 6.42 Å². The number of nitrogens with one attached hydrogen (secondary N) is 1. The summed E-state index contributed by atoms with van der Waals surface area (Å²) in [6.07, 6.45) is 2.13. The molecule has 1 saturated carbocycles. The summed E-state index contributed by atoms with van der Waals surface area (Å²) in [7, 11) is 0. The summed E-state index contributed by atoms with van der Waals surface area (Å²) in [5.74, 6) is 0.792.